The maximum absolute atomic E-state index is 12.5. The van der Waals surface area contributed by atoms with Gasteiger partial charge in [-0.25, -0.2) is 0 Å². The Hall–Kier alpha value is -1.96. The summed E-state index contributed by atoms with van der Waals surface area (Å²) < 4.78 is 2.02. The van der Waals surface area contributed by atoms with Crippen LogP contribution in [0.25, 0.3) is 0 Å². The van der Waals surface area contributed by atoms with Crippen molar-refractivity contribution in [2.45, 2.75) is 65.8 Å². The molecule has 8 nitrogen and oxygen atoms in total. The monoisotopic (exact) mass is 363 g/mol. The molecule has 2 amide bonds. The molecule has 26 heavy (non-hydrogen) atoms. The van der Waals surface area contributed by atoms with Crippen LogP contribution in [0.1, 0.15) is 58.2 Å². The fourth-order valence-corrected chi connectivity index (χ4v) is 3.75. The molecule has 1 fully saturated rings. The molecule has 3 rings (SSSR count). The molecule has 3 heterocycles. The number of carbonyl (C=O) groups excluding carboxylic acids is 2. The second-order valence-electron chi connectivity index (χ2n) is 8.09. The van der Waals surface area contributed by atoms with Gasteiger partial charge in [0.25, 0.3) is 0 Å². The number of aliphatic hydroxyl groups is 1. The van der Waals surface area contributed by atoms with Crippen molar-refractivity contribution < 1.29 is 14.7 Å². The smallest absolute Gasteiger partial charge is 0.225 e. The first-order chi connectivity index (χ1) is 12.3. The van der Waals surface area contributed by atoms with E-state index in [2.05, 4.69) is 10.2 Å². The van der Waals surface area contributed by atoms with Crippen LogP contribution in [0.3, 0.4) is 0 Å². The second-order valence-corrected chi connectivity index (χ2v) is 8.09. The van der Waals surface area contributed by atoms with Crippen LogP contribution in [0.5, 0.6) is 0 Å². The van der Waals surface area contributed by atoms with E-state index in [0.29, 0.717) is 44.9 Å². The van der Waals surface area contributed by atoms with Gasteiger partial charge in [-0.15, -0.1) is 10.2 Å². The minimum Gasteiger partial charge on any atom is -0.391 e. The number of fused-ring (bicyclic) bond motifs is 1. The Balaban J connectivity index is 1.79. The molecule has 0 bridgehead atoms. The number of carbonyl (C=O) groups is 2. The summed E-state index contributed by atoms with van der Waals surface area (Å²) >= 11 is 0. The molecule has 1 N–H and O–H groups in total. The standard InChI is InChI=1S/C18H29N5O3/c1-11(2)7-16(25)21-5-6-22-15(10-21)19-20-17(22)14-8-13(24)9-23(14)18(26)12(3)4/h11-14,24H,5-10H2,1-4H3. The SMILES string of the molecule is CC(C)CC(=O)N1CCn2c(nnc2C2CC(O)CN2C(=O)C(C)C)C1. The Kier molecular flexibility index (Phi) is 5.32. The zero-order valence-electron chi connectivity index (χ0n) is 16.1. The number of hydrogen-bond donors (Lipinski definition) is 1. The van der Waals surface area contributed by atoms with Crippen molar-refractivity contribution in [1.82, 2.24) is 24.6 Å². The third-order valence-electron chi connectivity index (χ3n) is 5.07. The summed E-state index contributed by atoms with van der Waals surface area (Å²) in [7, 11) is 0. The summed E-state index contributed by atoms with van der Waals surface area (Å²) in [5.41, 5.74) is 0. The van der Waals surface area contributed by atoms with Gasteiger partial charge in [0.15, 0.2) is 11.6 Å². The summed E-state index contributed by atoms with van der Waals surface area (Å²) in [6, 6.07) is -0.251. The van der Waals surface area contributed by atoms with Crippen LogP contribution in [0.15, 0.2) is 0 Å². The van der Waals surface area contributed by atoms with Gasteiger partial charge in [-0.1, -0.05) is 27.7 Å². The van der Waals surface area contributed by atoms with Crippen LogP contribution in [0.2, 0.25) is 0 Å². The summed E-state index contributed by atoms with van der Waals surface area (Å²) in [6.45, 7) is 9.83. The predicted octanol–water partition coefficient (Wildman–Crippen LogP) is 0.957. The van der Waals surface area contributed by atoms with Crippen molar-refractivity contribution in [3.63, 3.8) is 0 Å². The van der Waals surface area contributed by atoms with Crippen molar-refractivity contribution in [2.75, 3.05) is 13.1 Å². The van der Waals surface area contributed by atoms with E-state index in [1.165, 1.54) is 0 Å². The van der Waals surface area contributed by atoms with Gasteiger partial charge in [-0.05, 0) is 5.92 Å². The van der Waals surface area contributed by atoms with Crippen LogP contribution in [0.4, 0.5) is 0 Å². The zero-order chi connectivity index (χ0) is 19.0. The third kappa shape index (κ3) is 3.60. The van der Waals surface area contributed by atoms with Crippen molar-refractivity contribution in [2.24, 2.45) is 11.8 Å². The average Bonchev–Trinajstić information content (AvgIpc) is 3.15. The molecule has 0 saturated carbocycles. The highest BCUT2D eigenvalue weighted by molar-refractivity contribution is 5.79. The van der Waals surface area contributed by atoms with Crippen molar-refractivity contribution >= 4 is 11.8 Å². The molecule has 144 valence electrons. The highest BCUT2D eigenvalue weighted by Crippen LogP contribution is 2.33. The van der Waals surface area contributed by atoms with Crippen LogP contribution < -0.4 is 0 Å². The predicted molar refractivity (Wildman–Crippen MR) is 94.8 cm³/mol. The first-order valence-corrected chi connectivity index (χ1v) is 9.46. The Bertz CT molecular complexity index is 684. The number of nitrogens with zero attached hydrogens (tertiary/aromatic N) is 5. The van der Waals surface area contributed by atoms with Gasteiger partial charge in [0.2, 0.25) is 11.8 Å². The van der Waals surface area contributed by atoms with Gasteiger partial charge < -0.3 is 19.5 Å². The average molecular weight is 363 g/mol. The lowest BCUT2D eigenvalue weighted by atomic mass is 10.1. The van der Waals surface area contributed by atoms with E-state index in [-0.39, 0.29) is 23.8 Å². The first-order valence-electron chi connectivity index (χ1n) is 9.46. The molecule has 2 atom stereocenters. The number of aliphatic hydroxyl groups excluding tert-OH is 1. The molecule has 2 unspecified atom stereocenters. The van der Waals surface area contributed by atoms with E-state index in [0.717, 1.165) is 11.6 Å². The molecule has 0 aromatic carbocycles. The molecule has 0 radical (unpaired) electrons. The largest absolute Gasteiger partial charge is 0.391 e. The molecule has 0 aliphatic carbocycles. The minimum atomic E-state index is -0.539. The van der Waals surface area contributed by atoms with E-state index in [1.807, 2.05) is 37.2 Å². The lowest BCUT2D eigenvalue weighted by Gasteiger charge is -2.30. The topological polar surface area (TPSA) is 91.6 Å². The summed E-state index contributed by atoms with van der Waals surface area (Å²) in [5, 5.41) is 18.7. The normalized spacial score (nSPS) is 23.0. The third-order valence-corrected chi connectivity index (χ3v) is 5.07. The van der Waals surface area contributed by atoms with Crippen LogP contribution in [-0.2, 0) is 22.7 Å². The fraction of sp³-hybridized carbons (Fsp3) is 0.778. The van der Waals surface area contributed by atoms with E-state index >= 15 is 0 Å². The summed E-state index contributed by atoms with van der Waals surface area (Å²) in [5.74, 6) is 1.84. The van der Waals surface area contributed by atoms with Gasteiger partial charge in [-0.3, -0.25) is 9.59 Å². The molecule has 8 heteroatoms. The van der Waals surface area contributed by atoms with Gasteiger partial charge in [0, 0.05) is 38.4 Å². The van der Waals surface area contributed by atoms with Gasteiger partial charge >= 0.3 is 0 Å². The number of hydrogen-bond acceptors (Lipinski definition) is 5. The highest BCUT2D eigenvalue weighted by Gasteiger charge is 2.40. The van der Waals surface area contributed by atoms with Crippen molar-refractivity contribution in [3.05, 3.63) is 11.6 Å². The first kappa shape index (κ1) is 18.8. The molecule has 1 saturated heterocycles. The maximum Gasteiger partial charge on any atom is 0.225 e. The van der Waals surface area contributed by atoms with Crippen molar-refractivity contribution in [1.29, 1.82) is 0 Å². The Morgan fingerprint density at radius 1 is 1.19 bits per heavy atom. The second kappa shape index (κ2) is 7.34. The summed E-state index contributed by atoms with van der Waals surface area (Å²) in [4.78, 5) is 28.4. The number of β-amino-alcohol motifs (C(OH)–C–C–N with tert-alkyl or cyclic N) is 1. The van der Waals surface area contributed by atoms with Gasteiger partial charge in [0.05, 0.1) is 18.7 Å². The maximum atomic E-state index is 12.5. The number of likely N-dealkylation sites (tertiary alicyclic amines) is 1. The van der Waals surface area contributed by atoms with Crippen molar-refractivity contribution in [3.8, 4) is 0 Å². The Morgan fingerprint density at radius 3 is 2.58 bits per heavy atom. The molecule has 2 aliphatic heterocycles. The van der Waals surface area contributed by atoms with E-state index in [1.54, 1.807) is 4.90 Å². The molecule has 0 spiro atoms. The minimum absolute atomic E-state index is 0.0217. The molecule has 2 aliphatic rings. The quantitative estimate of drug-likeness (QED) is 0.860. The molecular formula is C18H29N5O3. The zero-order valence-corrected chi connectivity index (χ0v) is 16.1. The molecule has 1 aromatic rings. The lowest BCUT2D eigenvalue weighted by molar-refractivity contribution is -0.135. The van der Waals surface area contributed by atoms with E-state index < -0.39 is 6.10 Å². The van der Waals surface area contributed by atoms with Crippen LogP contribution in [0, 0.1) is 11.8 Å². The highest BCUT2D eigenvalue weighted by atomic mass is 16.3. The lowest BCUT2D eigenvalue weighted by Crippen LogP contribution is -2.40. The Morgan fingerprint density at radius 2 is 1.92 bits per heavy atom. The molecule has 1 aromatic heterocycles. The number of aromatic nitrogens is 3. The number of rotatable bonds is 4. The van der Waals surface area contributed by atoms with E-state index in [4.69, 9.17) is 0 Å². The fourth-order valence-electron chi connectivity index (χ4n) is 3.75. The Labute approximate surface area is 154 Å². The van der Waals surface area contributed by atoms with Crippen LogP contribution >= 0.6 is 0 Å². The van der Waals surface area contributed by atoms with Gasteiger partial charge in [-0.2, -0.15) is 0 Å². The van der Waals surface area contributed by atoms with Crippen LogP contribution in [-0.4, -0.2) is 60.7 Å². The van der Waals surface area contributed by atoms with Gasteiger partial charge in [0.1, 0.15) is 0 Å². The molecular weight excluding hydrogens is 334 g/mol. The summed E-state index contributed by atoms with van der Waals surface area (Å²) in [6.07, 6.45) is 0.474. The van der Waals surface area contributed by atoms with E-state index in [9.17, 15) is 14.7 Å². The number of amides is 2.